The Hall–Kier alpha value is -2.21. The molecule has 2 aromatic heterocycles. The molecule has 0 radical (unpaired) electrons. The highest BCUT2D eigenvalue weighted by Gasteiger charge is 2.14. The molecule has 0 unspecified atom stereocenters. The molecule has 0 saturated heterocycles. The zero-order valence-electron chi connectivity index (χ0n) is 12.5. The third-order valence-corrected chi connectivity index (χ3v) is 3.26. The maximum Gasteiger partial charge on any atom is 0.225 e. The molecule has 21 heavy (non-hydrogen) atoms. The maximum atomic E-state index is 9.43. The van der Waals surface area contributed by atoms with E-state index in [2.05, 4.69) is 25.6 Å². The van der Waals surface area contributed by atoms with Gasteiger partial charge in [-0.1, -0.05) is 13.8 Å². The van der Waals surface area contributed by atoms with Gasteiger partial charge >= 0.3 is 0 Å². The van der Waals surface area contributed by atoms with Gasteiger partial charge in [-0.2, -0.15) is 4.98 Å². The second kappa shape index (κ2) is 6.99. The minimum absolute atomic E-state index is 0.0348. The van der Waals surface area contributed by atoms with Gasteiger partial charge in [-0.15, -0.1) is 0 Å². The van der Waals surface area contributed by atoms with Gasteiger partial charge in [0.15, 0.2) is 0 Å². The number of nitrogens with one attached hydrogen (secondary N) is 2. The lowest BCUT2D eigenvalue weighted by Crippen LogP contribution is -2.30. The van der Waals surface area contributed by atoms with E-state index < -0.39 is 0 Å². The monoisotopic (exact) mass is 287 g/mol. The summed E-state index contributed by atoms with van der Waals surface area (Å²) < 4.78 is 0. The van der Waals surface area contributed by atoms with Crippen LogP contribution in [0.15, 0.2) is 30.6 Å². The number of nitrogens with zero attached hydrogens (tertiary/aromatic N) is 3. The summed E-state index contributed by atoms with van der Waals surface area (Å²) in [5.74, 6) is 1.49. The van der Waals surface area contributed by atoms with E-state index in [0.717, 1.165) is 11.3 Å². The summed E-state index contributed by atoms with van der Waals surface area (Å²) in [6.07, 6.45) is 3.49. The van der Waals surface area contributed by atoms with Crippen molar-refractivity contribution in [2.24, 2.45) is 5.92 Å². The molecule has 6 heteroatoms. The number of aliphatic hydroxyl groups is 1. The van der Waals surface area contributed by atoms with Crippen LogP contribution in [0.3, 0.4) is 0 Å². The summed E-state index contributed by atoms with van der Waals surface area (Å²) in [4.78, 5) is 13.0. The van der Waals surface area contributed by atoms with Crippen molar-refractivity contribution in [3.8, 4) is 11.3 Å². The molecule has 2 rings (SSSR count). The number of hydrogen-bond acceptors (Lipinski definition) is 6. The van der Waals surface area contributed by atoms with Crippen LogP contribution in [-0.4, -0.2) is 39.8 Å². The van der Waals surface area contributed by atoms with E-state index >= 15 is 0 Å². The summed E-state index contributed by atoms with van der Waals surface area (Å²) in [5.41, 5.74) is 1.70. The second-order valence-corrected chi connectivity index (χ2v) is 5.13. The van der Waals surface area contributed by atoms with Crippen molar-refractivity contribution in [3.63, 3.8) is 0 Å². The van der Waals surface area contributed by atoms with Crippen molar-refractivity contribution in [2.75, 3.05) is 24.3 Å². The number of aromatic nitrogens is 3. The van der Waals surface area contributed by atoms with Gasteiger partial charge in [0.1, 0.15) is 5.82 Å². The standard InChI is InChI=1S/C15H21N5O/c1-10(2)13(9-21)19-15-18-12(7-14(16-3)20-15)11-5-4-6-17-8-11/h4-8,10,13,21H,9H2,1-3H3,(H2,16,18,19,20)/t13-/m1/s1. The smallest absolute Gasteiger partial charge is 0.225 e. The van der Waals surface area contributed by atoms with Crippen molar-refractivity contribution in [1.29, 1.82) is 0 Å². The molecule has 2 heterocycles. The molecule has 0 amide bonds. The second-order valence-electron chi connectivity index (χ2n) is 5.13. The fourth-order valence-electron chi connectivity index (χ4n) is 1.89. The number of rotatable bonds is 6. The van der Waals surface area contributed by atoms with E-state index in [-0.39, 0.29) is 18.6 Å². The lowest BCUT2D eigenvalue weighted by Gasteiger charge is -2.20. The SMILES string of the molecule is CNc1cc(-c2cccnc2)nc(N[C@H](CO)C(C)C)n1. The fourth-order valence-corrected chi connectivity index (χ4v) is 1.89. The van der Waals surface area contributed by atoms with Gasteiger partial charge in [-0.25, -0.2) is 4.98 Å². The molecule has 0 aliphatic carbocycles. The van der Waals surface area contributed by atoms with Crippen molar-refractivity contribution in [3.05, 3.63) is 30.6 Å². The molecule has 6 nitrogen and oxygen atoms in total. The zero-order chi connectivity index (χ0) is 15.2. The molecule has 0 bridgehead atoms. The summed E-state index contributed by atoms with van der Waals surface area (Å²) in [5, 5.41) is 15.6. The van der Waals surface area contributed by atoms with Gasteiger partial charge in [-0.05, 0) is 18.1 Å². The van der Waals surface area contributed by atoms with Crippen LogP contribution in [0.4, 0.5) is 11.8 Å². The third-order valence-electron chi connectivity index (χ3n) is 3.26. The van der Waals surface area contributed by atoms with Gasteiger partial charge in [0.2, 0.25) is 5.95 Å². The van der Waals surface area contributed by atoms with Crippen LogP contribution in [0.1, 0.15) is 13.8 Å². The molecule has 0 aliphatic rings. The topological polar surface area (TPSA) is 83.0 Å². The predicted octanol–water partition coefficient (Wildman–Crippen LogP) is 2.01. The van der Waals surface area contributed by atoms with Gasteiger partial charge < -0.3 is 15.7 Å². The zero-order valence-corrected chi connectivity index (χ0v) is 12.5. The molecule has 0 fully saturated rings. The summed E-state index contributed by atoms with van der Waals surface area (Å²) in [7, 11) is 1.81. The molecule has 3 N–H and O–H groups in total. The average molecular weight is 287 g/mol. The first kappa shape index (κ1) is 15.2. The Morgan fingerprint density at radius 1 is 1.29 bits per heavy atom. The lowest BCUT2D eigenvalue weighted by molar-refractivity contribution is 0.248. The molecule has 0 aromatic carbocycles. The highest BCUT2D eigenvalue weighted by atomic mass is 16.3. The minimum Gasteiger partial charge on any atom is -0.394 e. The number of anilines is 2. The van der Waals surface area contributed by atoms with Crippen LogP contribution in [0, 0.1) is 5.92 Å². The minimum atomic E-state index is -0.0844. The Labute approximate surface area is 124 Å². The number of pyridine rings is 1. The van der Waals surface area contributed by atoms with Crippen LogP contribution in [-0.2, 0) is 0 Å². The lowest BCUT2D eigenvalue weighted by atomic mass is 10.1. The first-order chi connectivity index (χ1) is 10.1. The summed E-state index contributed by atoms with van der Waals surface area (Å²) in [6.45, 7) is 4.11. The van der Waals surface area contributed by atoms with Gasteiger partial charge in [0.05, 0.1) is 18.3 Å². The van der Waals surface area contributed by atoms with Crippen LogP contribution >= 0.6 is 0 Å². The van der Waals surface area contributed by atoms with Crippen LogP contribution in [0.25, 0.3) is 11.3 Å². The molecule has 1 atom stereocenters. The van der Waals surface area contributed by atoms with E-state index in [1.54, 1.807) is 12.4 Å². The average Bonchev–Trinajstić information content (AvgIpc) is 2.52. The Morgan fingerprint density at radius 2 is 2.10 bits per heavy atom. The van der Waals surface area contributed by atoms with Crippen LogP contribution < -0.4 is 10.6 Å². The van der Waals surface area contributed by atoms with Crippen molar-refractivity contribution < 1.29 is 5.11 Å². The number of hydrogen-bond donors (Lipinski definition) is 3. The Morgan fingerprint density at radius 3 is 2.67 bits per heavy atom. The quantitative estimate of drug-likeness (QED) is 0.754. The Balaban J connectivity index is 2.34. The van der Waals surface area contributed by atoms with E-state index in [1.807, 2.05) is 39.1 Å². The molecule has 0 spiro atoms. The first-order valence-electron chi connectivity index (χ1n) is 6.98. The first-order valence-corrected chi connectivity index (χ1v) is 6.98. The van der Waals surface area contributed by atoms with Crippen molar-refractivity contribution in [2.45, 2.75) is 19.9 Å². The molecular formula is C15H21N5O. The molecule has 112 valence electrons. The third kappa shape index (κ3) is 3.88. The van der Waals surface area contributed by atoms with Crippen LogP contribution in [0.5, 0.6) is 0 Å². The Bertz CT molecular complexity index is 574. The van der Waals surface area contributed by atoms with E-state index in [0.29, 0.717) is 11.8 Å². The fraction of sp³-hybridized carbons (Fsp3) is 0.400. The van der Waals surface area contributed by atoms with Crippen molar-refractivity contribution in [1.82, 2.24) is 15.0 Å². The summed E-state index contributed by atoms with van der Waals surface area (Å²) >= 11 is 0. The molecule has 0 aliphatic heterocycles. The Kier molecular flexibility index (Phi) is 5.05. The van der Waals surface area contributed by atoms with Gasteiger partial charge in [-0.3, -0.25) is 4.98 Å². The number of aliphatic hydroxyl groups excluding tert-OH is 1. The normalized spacial score (nSPS) is 12.2. The molecular weight excluding hydrogens is 266 g/mol. The largest absolute Gasteiger partial charge is 0.394 e. The van der Waals surface area contributed by atoms with E-state index in [9.17, 15) is 5.11 Å². The van der Waals surface area contributed by atoms with E-state index in [4.69, 9.17) is 0 Å². The van der Waals surface area contributed by atoms with Gasteiger partial charge in [0, 0.05) is 31.1 Å². The van der Waals surface area contributed by atoms with E-state index in [1.165, 1.54) is 0 Å². The van der Waals surface area contributed by atoms with Crippen molar-refractivity contribution >= 4 is 11.8 Å². The maximum absolute atomic E-state index is 9.43. The molecule has 0 saturated carbocycles. The van der Waals surface area contributed by atoms with Crippen LogP contribution in [0.2, 0.25) is 0 Å². The highest BCUT2D eigenvalue weighted by Crippen LogP contribution is 2.21. The highest BCUT2D eigenvalue weighted by molar-refractivity contribution is 5.63. The summed E-state index contributed by atoms with van der Waals surface area (Å²) in [6, 6.07) is 5.60. The van der Waals surface area contributed by atoms with Gasteiger partial charge in [0.25, 0.3) is 0 Å². The predicted molar refractivity (Wildman–Crippen MR) is 84.1 cm³/mol. The molecule has 2 aromatic rings.